The molecule has 16 heavy (non-hydrogen) atoms. The van der Waals surface area contributed by atoms with Crippen LogP contribution in [0.15, 0.2) is 0 Å². The summed E-state index contributed by atoms with van der Waals surface area (Å²) in [6.45, 7) is 0. The van der Waals surface area contributed by atoms with Crippen molar-refractivity contribution in [1.29, 1.82) is 0 Å². The van der Waals surface area contributed by atoms with E-state index in [1.54, 1.807) is 0 Å². The molecule has 0 atom stereocenters. The van der Waals surface area contributed by atoms with Crippen LogP contribution in [-0.4, -0.2) is 74.6 Å². The van der Waals surface area contributed by atoms with E-state index in [9.17, 15) is 0 Å². The van der Waals surface area contributed by atoms with Gasteiger partial charge in [-0.05, 0) is 0 Å². The Morgan fingerprint density at radius 1 is 0.375 bits per heavy atom. The SMILES string of the molecule is O[Si]1(O)O[Si](O)(O)O[Si](O)(O)O[Si](O)(O)O1. The lowest BCUT2D eigenvalue weighted by atomic mass is 15.5. The van der Waals surface area contributed by atoms with Crippen LogP contribution in [0.3, 0.4) is 0 Å². The largest absolute Gasteiger partial charge is 0.662 e. The molecular weight excluding hydrogens is 304 g/mol. The molecule has 0 amide bonds. The van der Waals surface area contributed by atoms with E-state index in [0.717, 1.165) is 0 Å². The topological polar surface area (TPSA) is 199 Å². The molecule has 0 aromatic rings. The minimum atomic E-state index is -5.33. The summed E-state index contributed by atoms with van der Waals surface area (Å²) in [5.74, 6) is 0. The molecule has 0 spiro atoms. The maximum atomic E-state index is 8.89. The molecule has 1 fully saturated rings. The van der Waals surface area contributed by atoms with Crippen LogP contribution in [0.4, 0.5) is 0 Å². The van der Waals surface area contributed by atoms with Gasteiger partial charge in [0.2, 0.25) is 0 Å². The van der Waals surface area contributed by atoms with Crippen LogP contribution in [0.25, 0.3) is 0 Å². The summed E-state index contributed by atoms with van der Waals surface area (Å²) in [5.41, 5.74) is 0. The summed E-state index contributed by atoms with van der Waals surface area (Å²) in [5, 5.41) is 0. The first-order valence-electron chi connectivity index (χ1n) is 3.42. The van der Waals surface area contributed by atoms with Gasteiger partial charge in [0.15, 0.2) is 0 Å². The molecule has 1 saturated heterocycles. The van der Waals surface area contributed by atoms with Crippen molar-refractivity contribution in [3.05, 3.63) is 0 Å². The molecule has 0 aromatic carbocycles. The Hall–Kier alpha value is 0.388. The van der Waals surface area contributed by atoms with E-state index in [2.05, 4.69) is 16.5 Å². The molecule has 16 heteroatoms. The first-order chi connectivity index (χ1) is 6.83. The molecule has 0 radical (unpaired) electrons. The van der Waals surface area contributed by atoms with Gasteiger partial charge in [-0.2, -0.15) is 0 Å². The molecule has 0 unspecified atom stereocenters. The normalized spacial score (nSPS) is 31.5. The molecule has 12 nitrogen and oxygen atoms in total. The van der Waals surface area contributed by atoms with Gasteiger partial charge in [-0.1, -0.05) is 0 Å². The zero-order valence-electron chi connectivity index (χ0n) is 7.21. The Kier molecular flexibility index (Phi) is 3.57. The third kappa shape index (κ3) is 4.34. The lowest BCUT2D eigenvalue weighted by Gasteiger charge is -2.34. The van der Waals surface area contributed by atoms with Crippen molar-refractivity contribution in [3.63, 3.8) is 0 Å². The predicted molar refractivity (Wildman–Crippen MR) is 45.1 cm³/mol. The van der Waals surface area contributed by atoms with E-state index in [1.807, 2.05) is 0 Å². The van der Waals surface area contributed by atoms with Gasteiger partial charge < -0.3 is 54.8 Å². The van der Waals surface area contributed by atoms with Crippen molar-refractivity contribution in [2.75, 3.05) is 0 Å². The summed E-state index contributed by atoms with van der Waals surface area (Å²) < 4.78 is 15.0. The number of hydrogen-bond acceptors (Lipinski definition) is 12. The Morgan fingerprint density at radius 2 is 0.500 bits per heavy atom. The van der Waals surface area contributed by atoms with E-state index in [-0.39, 0.29) is 0 Å². The van der Waals surface area contributed by atoms with E-state index in [4.69, 9.17) is 38.4 Å². The van der Waals surface area contributed by atoms with Crippen LogP contribution >= 0.6 is 0 Å². The van der Waals surface area contributed by atoms with E-state index >= 15 is 0 Å². The van der Waals surface area contributed by atoms with Crippen LogP contribution in [-0.2, 0) is 16.5 Å². The summed E-state index contributed by atoms with van der Waals surface area (Å²) >= 11 is 0. The Balaban J connectivity index is 2.98. The molecular formula is H8O12Si4. The van der Waals surface area contributed by atoms with Crippen molar-refractivity contribution in [2.24, 2.45) is 0 Å². The summed E-state index contributed by atoms with van der Waals surface area (Å²) in [7, 11) is -21.3. The van der Waals surface area contributed by atoms with E-state index in [1.165, 1.54) is 0 Å². The quantitative estimate of drug-likeness (QED) is 0.197. The summed E-state index contributed by atoms with van der Waals surface area (Å²) in [6.07, 6.45) is 0. The van der Waals surface area contributed by atoms with Crippen LogP contribution in [0.2, 0.25) is 0 Å². The highest BCUT2D eigenvalue weighted by molar-refractivity contribution is 6.80. The number of hydrogen-bond donors (Lipinski definition) is 8. The monoisotopic (exact) mass is 312 g/mol. The molecule has 0 saturated carbocycles. The van der Waals surface area contributed by atoms with Gasteiger partial charge in [-0.25, -0.2) is 0 Å². The fourth-order valence-corrected chi connectivity index (χ4v) is 8.49. The second kappa shape index (κ2) is 3.95. The fraction of sp³-hybridized carbons (Fsp3) is 0. The van der Waals surface area contributed by atoms with Gasteiger partial charge in [0.25, 0.3) is 0 Å². The van der Waals surface area contributed by atoms with Gasteiger partial charge in [0, 0.05) is 0 Å². The molecule has 0 bridgehead atoms. The van der Waals surface area contributed by atoms with Gasteiger partial charge in [0.1, 0.15) is 0 Å². The first-order valence-corrected chi connectivity index (χ1v) is 10.3. The standard InChI is InChI=1S/H8O12Si4/c1-13(2)9-14(3,4)11-16(7,8)12-15(5,6)10-13/h1-8H. The highest BCUT2D eigenvalue weighted by Crippen LogP contribution is 2.20. The molecule has 1 aliphatic rings. The van der Waals surface area contributed by atoms with E-state index in [0.29, 0.717) is 0 Å². The van der Waals surface area contributed by atoms with Crippen molar-refractivity contribution in [1.82, 2.24) is 0 Å². The molecule has 96 valence electrons. The minimum absolute atomic E-state index is 3.74. The smallest absolute Gasteiger partial charge is 0.368 e. The molecule has 1 rings (SSSR count). The summed E-state index contributed by atoms with van der Waals surface area (Å²) in [6, 6.07) is 0. The van der Waals surface area contributed by atoms with Crippen molar-refractivity contribution >= 4 is 36.2 Å². The average molecular weight is 312 g/mol. The Morgan fingerprint density at radius 3 is 0.625 bits per heavy atom. The van der Waals surface area contributed by atoms with E-state index < -0.39 is 36.2 Å². The molecule has 1 heterocycles. The second-order valence-electron chi connectivity index (χ2n) is 2.60. The van der Waals surface area contributed by atoms with Crippen molar-refractivity contribution in [3.8, 4) is 0 Å². The minimum Gasteiger partial charge on any atom is -0.368 e. The lowest BCUT2D eigenvalue weighted by Crippen LogP contribution is -2.71. The van der Waals surface area contributed by atoms with Crippen LogP contribution < -0.4 is 0 Å². The zero-order chi connectivity index (χ0) is 12.8. The van der Waals surface area contributed by atoms with Crippen LogP contribution in [0, 0.1) is 0 Å². The second-order valence-corrected chi connectivity index (χ2v) is 10.3. The van der Waals surface area contributed by atoms with Gasteiger partial charge in [-0.15, -0.1) is 0 Å². The summed E-state index contributed by atoms with van der Waals surface area (Å²) in [4.78, 5) is 71.1. The predicted octanol–water partition coefficient (Wildman–Crippen LogP) is -6.25. The van der Waals surface area contributed by atoms with Crippen LogP contribution in [0.1, 0.15) is 0 Å². The number of rotatable bonds is 0. The zero-order valence-corrected chi connectivity index (χ0v) is 11.2. The van der Waals surface area contributed by atoms with Gasteiger partial charge >= 0.3 is 36.2 Å². The Bertz CT molecular complexity index is 194. The lowest BCUT2D eigenvalue weighted by molar-refractivity contribution is -0.0451. The maximum absolute atomic E-state index is 8.89. The highest BCUT2D eigenvalue weighted by atomic mass is 28.6. The molecule has 1 aliphatic heterocycles. The van der Waals surface area contributed by atoms with Gasteiger partial charge in [-0.3, -0.25) is 0 Å². The third-order valence-electron chi connectivity index (χ3n) is 1.06. The first kappa shape index (κ1) is 14.4. The van der Waals surface area contributed by atoms with Crippen molar-refractivity contribution < 1.29 is 54.8 Å². The average Bonchev–Trinajstić information content (AvgIpc) is 1.67. The Labute approximate surface area is 91.7 Å². The molecule has 8 N–H and O–H groups in total. The molecule has 0 aromatic heterocycles. The third-order valence-corrected chi connectivity index (χ3v) is 9.57. The molecule has 0 aliphatic carbocycles. The highest BCUT2D eigenvalue weighted by Gasteiger charge is 2.67. The maximum Gasteiger partial charge on any atom is 0.662 e. The van der Waals surface area contributed by atoms with Crippen molar-refractivity contribution in [2.45, 2.75) is 0 Å². The van der Waals surface area contributed by atoms with Crippen LogP contribution in [0.5, 0.6) is 0 Å². The fourth-order valence-electron chi connectivity index (χ4n) is 0.776. The van der Waals surface area contributed by atoms with Gasteiger partial charge in [0.05, 0.1) is 0 Å².